The first-order valence-corrected chi connectivity index (χ1v) is 7.84. The molecule has 0 aromatic carbocycles. The highest BCUT2D eigenvalue weighted by atomic mass is 16.2. The molecule has 2 amide bonds. The predicted molar refractivity (Wildman–Crippen MR) is 88.3 cm³/mol. The summed E-state index contributed by atoms with van der Waals surface area (Å²) in [6, 6.07) is 1.69. The van der Waals surface area contributed by atoms with E-state index in [1.165, 1.54) is 0 Å². The second kappa shape index (κ2) is 6.52. The fraction of sp³-hybridized carbons (Fsp3) is 0.625. The van der Waals surface area contributed by atoms with Crippen molar-refractivity contribution in [2.45, 2.75) is 40.2 Å². The first-order chi connectivity index (χ1) is 10.7. The average Bonchev–Trinajstić information content (AvgIpc) is 2.44. The molecule has 23 heavy (non-hydrogen) atoms. The lowest BCUT2D eigenvalue weighted by Gasteiger charge is -2.34. The number of anilines is 1. The Morgan fingerprint density at radius 3 is 2.17 bits per heavy atom. The maximum absolute atomic E-state index is 12.7. The molecule has 0 bridgehead atoms. The lowest BCUT2D eigenvalue weighted by atomic mass is 10.1. The lowest BCUT2D eigenvalue weighted by Crippen LogP contribution is -2.50. The SMILES string of the molecule is CC(=O)N1CCN(C(=O)c2cc(NC(C)(C)C)nc(C)n2)CC1. The number of rotatable bonds is 2. The topological polar surface area (TPSA) is 78.4 Å². The van der Waals surface area contributed by atoms with Gasteiger partial charge in [-0.25, -0.2) is 9.97 Å². The Hall–Kier alpha value is -2.18. The summed E-state index contributed by atoms with van der Waals surface area (Å²) in [7, 11) is 0. The van der Waals surface area contributed by atoms with Gasteiger partial charge >= 0.3 is 0 Å². The Morgan fingerprint density at radius 1 is 1.09 bits per heavy atom. The van der Waals surface area contributed by atoms with Crippen molar-refractivity contribution in [2.75, 3.05) is 31.5 Å². The number of hydrogen-bond donors (Lipinski definition) is 1. The summed E-state index contributed by atoms with van der Waals surface area (Å²) in [6.45, 7) is 11.6. The van der Waals surface area contributed by atoms with Gasteiger partial charge in [0.1, 0.15) is 17.3 Å². The van der Waals surface area contributed by atoms with Gasteiger partial charge in [-0.2, -0.15) is 0 Å². The van der Waals surface area contributed by atoms with Crippen molar-refractivity contribution >= 4 is 17.6 Å². The molecule has 126 valence electrons. The van der Waals surface area contributed by atoms with Crippen LogP contribution in [-0.4, -0.2) is 63.3 Å². The van der Waals surface area contributed by atoms with Crippen LogP contribution in [0, 0.1) is 6.92 Å². The molecule has 0 atom stereocenters. The van der Waals surface area contributed by atoms with Crippen molar-refractivity contribution in [1.82, 2.24) is 19.8 Å². The largest absolute Gasteiger partial charge is 0.365 e. The van der Waals surface area contributed by atoms with Gasteiger partial charge in [0.05, 0.1) is 0 Å². The highest BCUT2D eigenvalue weighted by Gasteiger charge is 2.25. The minimum atomic E-state index is -0.145. The smallest absolute Gasteiger partial charge is 0.272 e. The molecule has 2 rings (SSSR count). The van der Waals surface area contributed by atoms with Crippen LogP contribution < -0.4 is 5.32 Å². The summed E-state index contributed by atoms with van der Waals surface area (Å²) in [5.41, 5.74) is 0.245. The van der Waals surface area contributed by atoms with E-state index in [2.05, 4.69) is 15.3 Å². The summed E-state index contributed by atoms with van der Waals surface area (Å²) >= 11 is 0. The average molecular weight is 319 g/mol. The molecule has 0 spiro atoms. The van der Waals surface area contributed by atoms with Crippen LogP contribution in [0.2, 0.25) is 0 Å². The summed E-state index contributed by atoms with van der Waals surface area (Å²) in [5, 5.41) is 3.27. The van der Waals surface area contributed by atoms with Crippen LogP contribution in [0.15, 0.2) is 6.07 Å². The van der Waals surface area contributed by atoms with E-state index in [9.17, 15) is 9.59 Å². The molecule has 2 heterocycles. The molecule has 1 N–H and O–H groups in total. The molecule has 7 nitrogen and oxygen atoms in total. The zero-order valence-electron chi connectivity index (χ0n) is 14.5. The second-order valence-corrected chi connectivity index (χ2v) is 6.86. The van der Waals surface area contributed by atoms with Gasteiger partial charge in [0.25, 0.3) is 5.91 Å². The highest BCUT2D eigenvalue weighted by molar-refractivity contribution is 5.93. The fourth-order valence-corrected chi connectivity index (χ4v) is 2.51. The zero-order valence-corrected chi connectivity index (χ0v) is 14.5. The Balaban J connectivity index is 2.12. The fourth-order valence-electron chi connectivity index (χ4n) is 2.51. The number of aromatic nitrogens is 2. The molecule has 1 fully saturated rings. The van der Waals surface area contributed by atoms with E-state index in [4.69, 9.17) is 0 Å². The van der Waals surface area contributed by atoms with E-state index < -0.39 is 0 Å². The maximum Gasteiger partial charge on any atom is 0.272 e. The van der Waals surface area contributed by atoms with Crippen LogP contribution in [-0.2, 0) is 4.79 Å². The molecular formula is C16H25N5O2. The van der Waals surface area contributed by atoms with Gasteiger partial charge < -0.3 is 15.1 Å². The molecule has 0 saturated carbocycles. The maximum atomic E-state index is 12.7. The van der Waals surface area contributed by atoms with Crippen molar-refractivity contribution in [3.05, 3.63) is 17.6 Å². The van der Waals surface area contributed by atoms with E-state index in [0.717, 1.165) is 0 Å². The monoisotopic (exact) mass is 319 g/mol. The molecule has 0 radical (unpaired) electrons. The summed E-state index contributed by atoms with van der Waals surface area (Å²) in [5.74, 6) is 1.14. The number of aryl methyl sites for hydroxylation is 1. The third-order valence-corrected chi connectivity index (χ3v) is 3.57. The van der Waals surface area contributed by atoms with Crippen LogP contribution in [0.25, 0.3) is 0 Å². The third kappa shape index (κ3) is 4.64. The molecule has 7 heteroatoms. The van der Waals surface area contributed by atoms with Gasteiger partial charge in [-0.1, -0.05) is 0 Å². The lowest BCUT2D eigenvalue weighted by molar-refractivity contribution is -0.130. The van der Waals surface area contributed by atoms with E-state index in [1.54, 1.807) is 29.7 Å². The Morgan fingerprint density at radius 2 is 1.65 bits per heavy atom. The van der Waals surface area contributed by atoms with Crippen molar-refractivity contribution in [3.63, 3.8) is 0 Å². The minimum absolute atomic E-state index is 0.0478. The van der Waals surface area contributed by atoms with Crippen LogP contribution in [0.5, 0.6) is 0 Å². The van der Waals surface area contributed by atoms with Crippen molar-refractivity contribution in [1.29, 1.82) is 0 Å². The third-order valence-electron chi connectivity index (χ3n) is 3.57. The van der Waals surface area contributed by atoms with Crippen LogP contribution in [0.4, 0.5) is 5.82 Å². The minimum Gasteiger partial charge on any atom is -0.365 e. The van der Waals surface area contributed by atoms with Crippen LogP contribution in [0.3, 0.4) is 0 Å². The summed E-state index contributed by atoms with van der Waals surface area (Å²) in [6.07, 6.45) is 0. The number of nitrogens with one attached hydrogen (secondary N) is 1. The molecule has 0 aliphatic carbocycles. The molecule has 1 aromatic rings. The molecule has 1 aliphatic rings. The number of hydrogen-bond acceptors (Lipinski definition) is 5. The van der Waals surface area contributed by atoms with Crippen molar-refractivity contribution in [2.24, 2.45) is 0 Å². The molecule has 1 saturated heterocycles. The first kappa shape index (κ1) is 17.2. The molecular weight excluding hydrogens is 294 g/mol. The van der Waals surface area contributed by atoms with Crippen LogP contribution >= 0.6 is 0 Å². The van der Waals surface area contributed by atoms with E-state index in [0.29, 0.717) is 43.5 Å². The van der Waals surface area contributed by atoms with Gasteiger partial charge in [0.2, 0.25) is 5.91 Å². The Bertz CT molecular complexity index is 601. The number of carbonyl (C=O) groups excluding carboxylic acids is 2. The van der Waals surface area contributed by atoms with Crippen molar-refractivity contribution in [3.8, 4) is 0 Å². The van der Waals surface area contributed by atoms with Crippen LogP contribution in [0.1, 0.15) is 44.0 Å². The van der Waals surface area contributed by atoms with Gasteiger partial charge in [-0.05, 0) is 27.7 Å². The van der Waals surface area contributed by atoms with Gasteiger partial charge in [-0.3, -0.25) is 9.59 Å². The van der Waals surface area contributed by atoms with Gasteiger partial charge in [0.15, 0.2) is 0 Å². The number of nitrogens with zero attached hydrogens (tertiary/aromatic N) is 4. The summed E-state index contributed by atoms with van der Waals surface area (Å²) in [4.78, 5) is 36.1. The van der Waals surface area contributed by atoms with Gasteiger partial charge in [0, 0.05) is 44.7 Å². The second-order valence-electron chi connectivity index (χ2n) is 6.86. The Kier molecular flexibility index (Phi) is 4.87. The number of carbonyl (C=O) groups is 2. The summed E-state index contributed by atoms with van der Waals surface area (Å²) < 4.78 is 0. The van der Waals surface area contributed by atoms with Crippen molar-refractivity contribution < 1.29 is 9.59 Å². The Labute approximate surface area is 137 Å². The number of piperazine rings is 1. The normalized spacial score (nSPS) is 15.5. The van der Waals surface area contributed by atoms with E-state index in [-0.39, 0.29) is 17.4 Å². The van der Waals surface area contributed by atoms with E-state index in [1.807, 2.05) is 20.8 Å². The molecule has 1 aromatic heterocycles. The molecule has 0 unspecified atom stereocenters. The number of amides is 2. The first-order valence-electron chi connectivity index (χ1n) is 7.84. The quantitative estimate of drug-likeness (QED) is 0.889. The van der Waals surface area contributed by atoms with Gasteiger partial charge in [-0.15, -0.1) is 0 Å². The van der Waals surface area contributed by atoms with E-state index >= 15 is 0 Å². The predicted octanol–water partition coefficient (Wildman–Crippen LogP) is 1.30. The molecule has 1 aliphatic heterocycles. The zero-order chi connectivity index (χ0) is 17.2. The highest BCUT2D eigenvalue weighted by Crippen LogP contribution is 2.15. The standard InChI is InChI=1S/C16H25N5O2/c1-11-17-13(10-14(18-11)19-16(3,4)5)15(23)21-8-6-20(7-9-21)12(2)22/h10H,6-9H2,1-5H3,(H,17,18,19).